The number of non-ortho nitro benzene ring substituents is 1. The van der Waals surface area contributed by atoms with Gasteiger partial charge in [-0.2, -0.15) is 4.31 Å². The number of nitro groups is 1. The average Bonchev–Trinajstić information content (AvgIpc) is 3.34. The van der Waals surface area contributed by atoms with Gasteiger partial charge in [0.05, 0.1) is 35.3 Å². The quantitative estimate of drug-likeness (QED) is 0.0446. The van der Waals surface area contributed by atoms with Crippen LogP contribution in [0.4, 0.5) is 16.2 Å². The number of carbonyl (C=O) groups is 2. The van der Waals surface area contributed by atoms with E-state index in [1.165, 1.54) is 35.7 Å². The number of aryl methyl sites for hydroxylation is 1. The average molecular weight is 955 g/mol. The van der Waals surface area contributed by atoms with Gasteiger partial charge in [-0.3, -0.25) is 14.9 Å². The second-order valence-electron chi connectivity index (χ2n) is 18.3. The number of sulfonamides is 1. The molecule has 14 heteroatoms. The maximum atomic E-state index is 15.1. The number of hydrogen-bond donors (Lipinski definition) is 1. The molecule has 12 nitrogen and oxygen atoms in total. The second-order valence-corrected chi connectivity index (χ2v) is 24.5. The van der Waals surface area contributed by atoms with Gasteiger partial charge in [-0.1, -0.05) is 174 Å². The van der Waals surface area contributed by atoms with Crippen molar-refractivity contribution in [2.75, 3.05) is 25.2 Å². The zero-order valence-corrected chi connectivity index (χ0v) is 41.4. The third-order valence-corrected chi connectivity index (χ3v) is 19.4. The van der Waals surface area contributed by atoms with Crippen molar-refractivity contribution in [3.63, 3.8) is 0 Å². The first-order valence-corrected chi connectivity index (χ1v) is 26.2. The Morgan fingerprint density at radius 2 is 1.21 bits per heavy atom. The van der Waals surface area contributed by atoms with Crippen LogP contribution in [0.2, 0.25) is 5.04 Å². The molecule has 2 atom stereocenters. The molecule has 0 aromatic heterocycles. The SMILES string of the molecule is COC(=O)N(C(=O)[C@@H](N)C(c1ccccc1)c1ccccc1)c1ccccc1CC[C@@H](CO[Si](c1ccccc1)(c1ccccc1)C(C)(C)C)N(CCC(C)C)S(=O)(=O)c1ccc([N+](=O)[O-])cc1. The standard InChI is InChI=1S/C54H62N4O8SSi/c1-40(2)37-38-56(67(63,64)46-35-33-44(34-36-46)58(61)62)45(39-66-68(54(3,4)5,47-26-15-9-16-27-47)48-28-17-10-18-29-48)32-31-41-21-19-20-30-49(41)57(53(60)65-6)52(59)51(55)50(42-22-11-7-12-23-42)43-24-13-8-14-25-43/h7-30,33-36,40,45,50-51H,31-32,37-39,55H2,1-6H3/t45-,51-/m0/s1. The fraction of sp³-hybridized carbons (Fsp3) is 0.296. The van der Waals surface area contributed by atoms with Gasteiger partial charge in [-0.25, -0.2) is 18.1 Å². The molecule has 6 aromatic carbocycles. The molecular formula is C54H62N4O8SSi. The van der Waals surface area contributed by atoms with Crippen LogP contribution in [0.25, 0.3) is 0 Å². The highest BCUT2D eigenvalue weighted by Gasteiger charge is 2.51. The van der Waals surface area contributed by atoms with Crippen LogP contribution in [0.3, 0.4) is 0 Å². The van der Waals surface area contributed by atoms with Gasteiger partial charge < -0.3 is 14.9 Å². The molecule has 356 valence electrons. The van der Waals surface area contributed by atoms with Crippen LogP contribution >= 0.6 is 0 Å². The minimum Gasteiger partial charge on any atom is -0.452 e. The third-order valence-electron chi connectivity index (χ3n) is 12.4. The molecule has 0 saturated carbocycles. The highest BCUT2D eigenvalue weighted by Crippen LogP contribution is 2.38. The lowest BCUT2D eigenvalue weighted by Gasteiger charge is -2.44. The lowest BCUT2D eigenvalue weighted by atomic mass is 9.84. The van der Waals surface area contributed by atoms with Crippen molar-refractivity contribution in [1.82, 2.24) is 4.31 Å². The van der Waals surface area contributed by atoms with E-state index in [0.717, 1.165) is 26.4 Å². The predicted molar refractivity (Wildman–Crippen MR) is 271 cm³/mol. The number of hydrogen-bond acceptors (Lipinski definition) is 9. The summed E-state index contributed by atoms with van der Waals surface area (Å²) in [6.07, 6.45) is -0.0461. The summed E-state index contributed by atoms with van der Waals surface area (Å²) < 4.78 is 44.4. The molecule has 68 heavy (non-hydrogen) atoms. The van der Waals surface area contributed by atoms with Crippen molar-refractivity contribution in [2.24, 2.45) is 11.7 Å². The highest BCUT2D eigenvalue weighted by molar-refractivity contribution is 7.89. The first-order chi connectivity index (χ1) is 32.5. The molecule has 6 aromatic rings. The molecule has 0 saturated heterocycles. The van der Waals surface area contributed by atoms with Crippen LogP contribution in [0.15, 0.2) is 175 Å². The van der Waals surface area contributed by atoms with Gasteiger partial charge in [0.15, 0.2) is 0 Å². The summed E-state index contributed by atoms with van der Waals surface area (Å²) in [5.74, 6) is -1.19. The number of benzene rings is 6. The molecule has 0 heterocycles. The Bertz CT molecular complexity index is 2630. The van der Waals surface area contributed by atoms with Gasteiger partial charge in [0.1, 0.15) is 0 Å². The Kier molecular flexibility index (Phi) is 17.0. The fourth-order valence-corrected chi connectivity index (χ4v) is 15.2. The summed E-state index contributed by atoms with van der Waals surface area (Å²) in [6, 6.07) is 48.9. The number of anilines is 1. The molecule has 0 aliphatic carbocycles. The number of ether oxygens (including phenoxy) is 1. The Hall–Kier alpha value is -6.29. The van der Waals surface area contributed by atoms with Gasteiger partial charge in [-0.15, -0.1) is 0 Å². The Balaban J connectivity index is 1.46. The van der Waals surface area contributed by atoms with Crippen molar-refractivity contribution in [3.8, 4) is 0 Å². The van der Waals surface area contributed by atoms with E-state index in [9.17, 15) is 19.7 Å². The number of amides is 2. The molecule has 0 aliphatic heterocycles. The molecule has 6 rings (SSSR count). The first-order valence-electron chi connectivity index (χ1n) is 22.9. The summed E-state index contributed by atoms with van der Waals surface area (Å²) in [7, 11) is -6.35. The Morgan fingerprint density at radius 1 is 0.721 bits per heavy atom. The zero-order chi connectivity index (χ0) is 49.1. The van der Waals surface area contributed by atoms with Crippen LogP contribution < -0.4 is 21.0 Å². The third kappa shape index (κ3) is 11.5. The number of para-hydroxylation sites is 1. The van der Waals surface area contributed by atoms with E-state index in [0.29, 0.717) is 12.0 Å². The maximum absolute atomic E-state index is 15.1. The van der Waals surface area contributed by atoms with E-state index in [1.54, 1.807) is 24.3 Å². The number of nitrogens with two attached hydrogens (primary N) is 1. The van der Waals surface area contributed by atoms with Gasteiger partial charge in [0, 0.05) is 30.6 Å². The predicted octanol–water partition coefficient (Wildman–Crippen LogP) is 9.47. The lowest BCUT2D eigenvalue weighted by molar-refractivity contribution is -0.384. The number of nitro benzene ring substituents is 1. The topological polar surface area (TPSA) is 162 Å². The van der Waals surface area contributed by atoms with Crippen LogP contribution in [-0.4, -0.2) is 70.3 Å². The largest absolute Gasteiger partial charge is 0.452 e. The lowest BCUT2D eigenvalue weighted by Crippen LogP contribution is -2.67. The van der Waals surface area contributed by atoms with E-state index in [4.69, 9.17) is 14.9 Å². The minimum absolute atomic E-state index is 0.0277. The van der Waals surface area contributed by atoms with Crippen LogP contribution in [0.5, 0.6) is 0 Å². The fourth-order valence-electron chi connectivity index (χ4n) is 8.93. The number of rotatable bonds is 20. The molecule has 0 radical (unpaired) electrons. The summed E-state index contributed by atoms with van der Waals surface area (Å²) in [4.78, 5) is 40.8. The van der Waals surface area contributed by atoms with Crippen molar-refractivity contribution >= 4 is 52.1 Å². The van der Waals surface area contributed by atoms with E-state index in [1.807, 2.05) is 111 Å². The normalized spacial score (nSPS) is 13.0. The van der Waals surface area contributed by atoms with Gasteiger partial charge in [-0.05, 0) is 75.5 Å². The van der Waals surface area contributed by atoms with Crippen LogP contribution in [-0.2, 0) is 30.4 Å². The van der Waals surface area contributed by atoms with Crippen molar-refractivity contribution in [3.05, 3.63) is 197 Å². The van der Waals surface area contributed by atoms with E-state index >= 15 is 8.42 Å². The molecule has 0 unspecified atom stereocenters. The number of nitrogens with zero attached hydrogens (tertiary/aromatic N) is 3. The van der Waals surface area contributed by atoms with Gasteiger partial charge in [0.2, 0.25) is 10.0 Å². The zero-order valence-electron chi connectivity index (χ0n) is 39.6. The summed E-state index contributed by atoms with van der Waals surface area (Å²) >= 11 is 0. The molecule has 0 fully saturated rings. The van der Waals surface area contributed by atoms with Gasteiger partial charge >= 0.3 is 6.09 Å². The molecule has 2 N–H and O–H groups in total. The summed E-state index contributed by atoms with van der Waals surface area (Å²) in [5.41, 5.74) is 9.11. The minimum atomic E-state index is -4.32. The van der Waals surface area contributed by atoms with Gasteiger partial charge in [0.25, 0.3) is 19.9 Å². The molecule has 0 spiro atoms. The second kappa shape index (κ2) is 22.7. The summed E-state index contributed by atoms with van der Waals surface area (Å²) in [5, 5.41) is 13.2. The van der Waals surface area contributed by atoms with Crippen molar-refractivity contribution < 1.29 is 32.1 Å². The monoisotopic (exact) mass is 954 g/mol. The highest BCUT2D eigenvalue weighted by atomic mass is 32.2. The number of carbonyl (C=O) groups excluding carboxylic acids is 2. The van der Waals surface area contributed by atoms with E-state index < -0.39 is 58.3 Å². The molecule has 2 amide bonds. The molecule has 0 aliphatic rings. The number of methoxy groups -OCH3 is 1. The summed E-state index contributed by atoms with van der Waals surface area (Å²) in [6.45, 7) is 10.6. The van der Waals surface area contributed by atoms with Crippen LogP contribution in [0.1, 0.15) is 70.1 Å². The Morgan fingerprint density at radius 3 is 1.68 bits per heavy atom. The molecule has 0 bridgehead atoms. The van der Waals surface area contributed by atoms with E-state index in [-0.39, 0.29) is 48.2 Å². The van der Waals surface area contributed by atoms with Crippen molar-refractivity contribution in [2.45, 2.75) is 81.8 Å². The van der Waals surface area contributed by atoms with Crippen LogP contribution in [0, 0.1) is 16.0 Å². The van der Waals surface area contributed by atoms with E-state index in [2.05, 4.69) is 45.0 Å². The number of imide groups is 1. The maximum Gasteiger partial charge on any atom is 0.420 e. The van der Waals surface area contributed by atoms with Crippen molar-refractivity contribution in [1.29, 1.82) is 0 Å². The first kappa shape index (κ1) is 51.1. The Labute approximate surface area is 402 Å². The molecular weight excluding hydrogens is 893 g/mol. The smallest absolute Gasteiger partial charge is 0.420 e.